The Morgan fingerprint density at radius 1 is 1.00 bits per heavy atom. The van der Waals surface area contributed by atoms with Gasteiger partial charge in [0.2, 0.25) is 5.88 Å². The molecule has 2 aromatic carbocycles. The summed E-state index contributed by atoms with van der Waals surface area (Å²) in [4.78, 5) is 25.1. The smallest absolute Gasteiger partial charge is 0.255 e. The highest BCUT2D eigenvalue weighted by Crippen LogP contribution is 2.23. The molecule has 8 nitrogen and oxygen atoms in total. The maximum atomic E-state index is 12.4. The number of ether oxygens (including phenoxy) is 2. The molecule has 1 amide bonds. The van der Waals surface area contributed by atoms with E-state index in [4.69, 9.17) is 9.47 Å². The minimum Gasteiger partial charge on any atom is -0.497 e. The quantitative estimate of drug-likeness (QED) is 0.525. The molecule has 0 radical (unpaired) electrons. The van der Waals surface area contributed by atoms with Crippen molar-refractivity contribution >= 4 is 11.6 Å². The molecule has 4 aromatic rings. The molecule has 0 fully saturated rings. The van der Waals surface area contributed by atoms with E-state index in [0.29, 0.717) is 40.3 Å². The molecule has 1 N–H and O–H groups in total. The maximum absolute atomic E-state index is 12.4. The maximum Gasteiger partial charge on any atom is 0.255 e. The summed E-state index contributed by atoms with van der Waals surface area (Å²) in [6, 6.07) is 15.7. The summed E-state index contributed by atoms with van der Waals surface area (Å²) < 4.78 is 12.7. The normalized spacial score (nSPS) is 10.5. The van der Waals surface area contributed by atoms with E-state index in [-0.39, 0.29) is 5.91 Å². The predicted octanol–water partition coefficient (Wildman–Crippen LogP) is 4.02. The molecule has 30 heavy (non-hydrogen) atoms. The van der Waals surface area contributed by atoms with Crippen LogP contribution in [0.3, 0.4) is 0 Å². The highest BCUT2D eigenvalue weighted by atomic mass is 16.5. The van der Waals surface area contributed by atoms with Crippen LogP contribution >= 0.6 is 0 Å². The summed E-state index contributed by atoms with van der Waals surface area (Å²) in [5, 5.41) is 2.85. The number of aromatic nitrogens is 4. The van der Waals surface area contributed by atoms with Crippen LogP contribution in [0.5, 0.6) is 17.4 Å². The van der Waals surface area contributed by atoms with Crippen LogP contribution in [0.2, 0.25) is 0 Å². The average Bonchev–Trinajstić information content (AvgIpc) is 3.30. The van der Waals surface area contributed by atoms with Crippen molar-refractivity contribution in [2.75, 3.05) is 12.4 Å². The van der Waals surface area contributed by atoms with Gasteiger partial charge in [0.05, 0.1) is 7.11 Å². The molecule has 0 spiro atoms. The van der Waals surface area contributed by atoms with Gasteiger partial charge in [-0.3, -0.25) is 9.36 Å². The molecule has 150 valence electrons. The second kappa shape index (κ2) is 8.44. The molecule has 0 saturated heterocycles. The van der Waals surface area contributed by atoms with Crippen molar-refractivity contribution in [1.82, 2.24) is 19.5 Å². The number of anilines is 1. The van der Waals surface area contributed by atoms with Crippen molar-refractivity contribution in [3.05, 3.63) is 84.7 Å². The number of aryl methyl sites for hydroxylation is 1. The molecule has 0 aliphatic carbocycles. The fourth-order valence-electron chi connectivity index (χ4n) is 2.78. The van der Waals surface area contributed by atoms with Gasteiger partial charge in [-0.05, 0) is 55.5 Å². The van der Waals surface area contributed by atoms with Crippen LogP contribution in [0.4, 0.5) is 5.69 Å². The summed E-state index contributed by atoms with van der Waals surface area (Å²) in [5.74, 6) is 2.75. The van der Waals surface area contributed by atoms with Gasteiger partial charge in [0.15, 0.2) is 0 Å². The number of hydrogen-bond acceptors (Lipinski definition) is 6. The Labute approximate surface area is 173 Å². The van der Waals surface area contributed by atoms with Gasteiger partial charge in [0.1, 0.15) is 29.5 Å². The number of benzene rings is 2. The Hall–Kier alpha value is -4.20. The third-order valence-electron chi connectivity index (χ3n) is 4.26. The molecule has 0 unspecified atom stereocenters. The predicted molar refractivity (Wildman–Crippen MR) is 111 cm³/mol. The van der Waals surface area contributed by atoms with Crippen LogP contribution < -0.4 is 14.8 Å². The van der Waals surface area contributed by atoms with Gasteiger partial charge in [0.25, 0.3) is 5.91 Å². The standard InChI is InChI=1S/C22H19N5O3/c1-15-24-20(27-12-11-23-14-27)13-21(25-15)30-19-9-5-17(6-10-19)26-22(28)16-3-7-18(29-2)8-4-16/h3-14H,1-2H3,(H,26,28). The van der Waals surface area contributed by atoms with Crippen LogP contribution in [0.25, 0.3) is 5.82 Å². The highest BCUT2D eigenvalue weighted by molar-refractivity contribution is 6.04. The Balaban J connectivity index is 1.44. The van der Waals surface area contributed by atoms with E-state index >= 15 is 0 Å². The van der Waals surface area contributed by atoms with Gasteiger partial charge >= 0.3 is 0 Å². The fourth-order valence-corrected chi connectivity index (χ4v) is 2.78. The fraction of sp³-hybridized carbons (Fsp3) is 0.0909. The summed E-state index contributed by atoms with van der Waals surface area (Å²) >= 11 is 0. The van der Waals surface area contributed by atoms with Crippen molar-refractivity contribution in [1.29, 1.82) is 0 Å². The van der Waals surface area contributed by atoms with E-state index in [2.05, 4.69) is 20.3 Å². The van der Waals surface area contributed by atoms with Gasteiger partial charge in [-0.25, -0.2) is 9.97 Å². The number of amides is 1. The van der Waals surface area contributed by atoms with Crippen molar-refractivity contribution in [3.63, 3.8) is 0 Å². The lowest BCUT2D eigenvalue weighted by molar-refractivity contribution is 0.102. The molecule has 2 aromatic heterocycles. The number of methoxy groups -OCH3 is 1. The summed E-state index contributed by atoms with van der Waals surface area (Å²) in [6.07, 6.45) is 5.13. The van der Waals surface area contributed by atoms with Crippen LogP contribution in [-0.2, 0) is 0 Å². The Bertz CT molecular complexity index is 1140. The van der Waals surface area contributed by atoms with Crippen molar-refractivity contribution in [2.24, 2.45) is 0 Å². The number of nitrogens with one attached hydrogen (secondary N) is 1. The van der Waals surface area contributed by atoms with Gasteiger partial charge in [-0.1, -0.05) is 0 Å². The number of nitrogens with zero attached hydrogens (tertiary/aromatic N) is 4. The molecule has 0 saturated carbocycles. The summed E-state index contributed by atoms with van der Waals surface area (Å²) in [7, 11) is 1.58. The third kappa shape index (κ3) is 4.44. The second-order valence-electron chi connectivity index (χ2n) is 6.39. The van der Waals surface area contributed by atoms with Gasteiger partial charge in [-0.2, -0.15) is 4.98 Å². The number of hydrogen-bond donors (Lipinski definition) is 1. The SMILES string of the molecule is COc1ccc(C(=O)Nc2ccc(Oc3cc(-n4ccnc4)nc(C)n3)cc2)cc1. The lowest BCUT2D eigenvalue weighted by Crippen LogP contribution is -2.11. The highest BCUT2D eigenvalue weighted by Gasteiger charge is 2.08. The van der Waals surface area contributed by atoms with E-state index in [0.717, 1.165) is 0 Å². The molecule has 4 rings (SSSR count). The van der Waals surface area contributed by atoms with E-state index < -0.39 is 0 Å². The largest absolute Gasteiger partial charge is 0.497 e. The second-order valence-corrected chi connectivity index (χ2v) is 6.39. The monoisotopic (exact) mass is 401 g/mol. The van der Waals surface area contributed by atoms with E-state index in [9.17, 15) is 4.79 Å². The zero-order valence-electron chi connectivity index (χ0n) is 16.4. The summed E-state index contributed by atoms with van der Waals surface area (Å²) in [5.41, 5.74) is 1.20. The first-order valence-corrected chi connectivity index (χ1v) is 9.18. The first-order valence-electron chi connectivity index (χ1n) is 9.18. The first kappa shape index (κ1) is 19.1. The lowest BCUT2D eigenvalue weighted by atomic mass is 10.2. The van der Waals surface area contributed by atoms with Crippen LogP contribution in [0, 0.1) is 6.92 Å². The number of carbonyl (C=O) groups excluding carboxylic acids is 1. The van der Waals surface area contributed by atoms with Crippen molar-refractivity contribution < 1.29 is 14.3 Å². The van der Waals surface area contributed by atoms with Gasteiger partial charge < -0.3 is 14.8 Å². The van der Waals surface area contributed by atoms with Crippen molar-refractivity contribution in [2.45, 2.75) is 6.92 Å². The molecular weight excluding hydrogens is 382 g/mol. The minimum atomic E-state index is -0.206. The van der Waals surface area contributed by atoms with E-state index in [1.807, 2.05) is 0 Å². The molecule has 8 heteroatoms. The Morgan fingerprint density at radius 2 is 1.73 bits per heavy atom. The molecule has 0 aliphatic heterocycles. The average molecular weight is 401 g/mol. The van der Waals surface area contributed by atoms with E-state index in [1.54, 1.807) is 91.9 Å². The van der Waals surface area contributed by atoms with Crippen molar-refractivity contribution in [3.8, 4) is 23.2 Å². The summed E-state index contributed by atoms with van der Waals surface area (Å²) in [6.45, 7) is 1.80. The minimum absolute atomic E-state index is 0.206. The molecule has 2 heterocycles. The number of rotatable bonds is 6. The number of imidazole rings is 1. The lowest BCUT2D eigenvalue weighted by Gasteiger charge is -2.10. The molecule has 0 aliphatic rings. The van der Waals surface area contributed by atoms with Crippen LogP contribution in [0.15, 0.2) is 73.3 Å². The first-order chi connectivity index (χ1) is 14.6. The Kier molecular flexibility index (Phi) is 5.38. The van der Waals surface area contributed by atoms with Crippen LogP contribution in [0.1, 0.15) is 16.2 Å². The zero-order chi connectivity index (χ0) is 20.9. The molecular formula is C22H19N5O3. The van der Waals surface area contributed by atoms with Crippen LogP contribution in [-0.4, -0.2) is 32.5 Å². The zero-order valence-corrected chi connectivity index (χ0v) is 16.4. The topological polar surface area (TPSA) is 91.2 Å². The molecule has 0 bridgehead atoms. The Morgan fingerprint density at radius 3 is 2.40 bits per heavy atom. The van der Waals surface area contributed by atoms with E-state index in [1.165, 1.54) is 0 Å². The van der Waals surface area contributed by atoms with Gasteiger partial charge in [0, 0.05) is 29.7 Å². The van der Waals surface area contributed by atoms with Gasteiger partial charge in [-0.15, -0.1) is 0 Å². The number of carbonyl (C=O) groups is 1. The molecule has 0 atom stereocenters. The third-order valence-corrected chi connectivity index (χ3v) is 4.26.